The van der Waals surface area contributed by atoms with Crippen LogP contribution >= 0.6 is 0 Å². The topological polar surface area (TPSA) is 17.1 Å². The molecule has 0 bridgehead atoms. The zero-order valence-electron chi connectivity index (χ0n) is 15.2. The molecule has 2 aliphatic carbocycles. The minimum atomic E-state index is 0.363. The fourth-order valence-corrected chi connectivity index (χ4v) is 4.69. The van der Waals surface area contributed by atoms with E-state index < -0.39 is 0 Å². The van der Waals surface area contributed by atoms with E-state index in [1.807, 2.05) is 0 Å². The predicted octanol–water partition coefficient (Wildman–Crippen LogP) is 5.87. The number of carbonyl (C=O) groups excluding carboxylic acids is 1. The minimum Gasteiger partial charge on any atom is -0.299 e. The molecule has 0 heterocycles. The van der Waals surface area contributed by atoms with Crippen LogP contribution in [0.5, 0.6) is 0 Å². The minimum absolute atomic E-state index is 0.363. The van der Waals surface area contributed by atoms with Crippen molar-refractivity contribution >= 4 is 5.78 Å². The zero-order chi connectivity index (χ0) is 15.8. The van der Waals surface area contributed by atoms with Crippen molar-refractivity contribution in [2.24, 2.45) is 34.5 Å². The summed E-state index contributed by atoms with van der Waals surface area (Å²) >= 11 is 0. The lowest BCUT2D eigenvalue weighted by molar-refractivity contribution is -0.129. The van der Waals surface area contributed by atoms with E-state index in [4.69, 9.17) is 0 Å². The van der Waals surface area contributed by atoms with Gasteiger partial charge in [-0.2, -0.15) is 0 Å². The molecular weight excluding hydrogens is 256 g/mol. The molecule has 0 aromatic heterocycles. The van der Waals surface area contributed by atoms with Crippen LogP contribution in [0.3, 0.4) is 0 Å². The predicted molar refractivity (Wildman–Crippen MR) is 90.2 cm³/mol. The van der Waals surface area contributed by atoms with E-state index >= 15 is 0 Å². The van der Waals surface area contributed by atoms with Gasteiger partial charge in [0.15, 0.2) is 0 Å². The molecular formula is C20H36O. The largest absolute Gasteiger partial charge is 0.299 e. The van der Waals surface area contributed by atoms with Crippen LogP contribution in [0.2, 0.25) is 0 Å². The Hall–Kier alpha value is -0.330. The second kappa shape index (κ2) is 6.05. The summed E-state index contributed by atoms with van der Waals surface area (Å²) in [4.78, 5) is 12.4. The van der Waals surface area contributed by atoms with E-state index in [1.165, 1.54) is 25.7 Å². The van der Waals surface area contributed by atoms with Gasteiger partial charge in [0, 0.05) is 12.3 Å². The van der Waals surface area contributed by atoms with Gasteiger partial charge in [0.1, 0.15) is 5.78 Å². The molecule has 0 spiro atoms. The average Bonchev–Trinajstić information content (AvgIpc) is 2.37. The van der Waals surface area contributed by atoms with Gasteiger partial charge < -0.3 is 0 Å². The first-order chi connectivity index (χ1) is 9.59. The number of hydrogen-bond acceptors (Lipinski definition) is 1. The SMILES string of the molecule is CC(C)(C)C1CCC([C@H]2C[C@@H](C(C)(C)C)CCC2=O)CC1. The number of Topliss-reactive ketones (excluding diaryl/α,β-unsaturated/α-hetero) is 1. The van der Waals surface area contributed by atoms with Crippen LogP contribution in [0, 0.1) is 34.5 Å². The van der Waals surface area contributed by atoms with Crippen molar-refractivity contribution in [2.45, 2.75) is 86.5 Å². The number of hydrogen-bond donors (Lipinski definition) is 0. The Bertz CT molecular complexity index is 360. The first-order valence-electron chi connectivity index (χ1n) is 9.11. The van der Waals surface area contributed by atoms with Crippen molar-refractivity contribution in [3.63, 3.8) is 0 Å². The van der Waals surface area contributed by atoms with Crippen LogP contribution in [0.25, 0.3) is 0 Å². The standard InChI is InChI=1S/C20H36O/c1-19(2,3)15-9-7-14(8-10-15)17-13-16(20(4,5)6)11-12-18(17)21/h14-17H,7-13H2,1-6H3/t14?,15?,16-,17+/m0/s1. The molecule has 2 saturated carbocycles. The van der Waals surface area contributed by atoms with Gasteiger partial charge in [-0.3, -0.25) is 4.79 Å². The fourth-order valence-electron chi connectivity index (χ4n) is 4.69. The second-order valence-corrected chi connectivity index (χ2v) is 9.89. The molecule has 0 amide bonds. The Morgan fingerprint density at radius 2 is 1.29 bits per heavy atom. The number of rotatable bonds is 1. The average molecular weight is 293 g/mol. The van der Waals surface area contributed by atoms with Crippen molar-refractivity contribution in [2.75, 3.05) is 0 Å². The molecule has 2 rings (SSSR count). The van der Waals surface area contributed by atoms with Crippen molar-refractivity contribution in [3.05, 3.63) is 0 Å². The molecule has 0 aliphatic heterocycles. The van der Waals surface area contributed by atoms with Crippen LogP contribution in [0.4, 0.5) is 0 Å². The Morgan fingerprint density at radius 1 is 0.762 bits per heavy atom. The highest BCUT2D eigenvalue weighted by Crippen LogP contribution is 2.47. The smallest absolute Gasteiger partial charge is 0.136 e. The molecule has 0 N–H and O–H groups in total. The molecule has 0 unspecified atom stereocenters. The summed E-state index contributed by atoms with van der Waals surface area (Å²) in [5, 5.41) is 0. The molecule has 122 valence electrons. The molecule has 21 heavy (non-hydrogen) atoms. The molecule has 2 fully saturated rings. The van der Waals surface area contributed by atoms with E-state index in [0.29, 0.717) is 28.4 Å². The zero-order valence-corrected chi connectivity index (χ0v) is 15.2. The molecule has 0 aromatic carbocycles. The van der Waals surface area contributed by atoms with Crippen LogP contribution in [0.1, 0.15) is 86.5 Å². The molecule has 2 atom stereocenters. The second-order valence-electron chi connectivity index (χ2n) is 9.89. The Balaban J connectivity index is 1.97. The lowest BCUT2D eigenvalue weighted by atomic mass is 9.61. The molecule has 1 nitrogen and oxygen atoms in total. The van der Waals surface area contributed by atoms with Crippen LogP contribution in [-0.4, -0.2) is 5.78 Å². The maximum Gasteiger partial charge on any atom is 0.136 e. The number of carbonyl (C=O) groups is 1. The fraction of sp³-hybridized carbons (Fsp3) is 0.950. The van der Waals surface area contributed by atoms with Crippen molar-refractivity contribution in [1.29, 1.82) is 0 Å². The van der Waals surface area contributed by atoms with Crippen LogP contribution in [-0.2, 0) is 4.79 Å². The normalized spacial score (nSPS) is 35.8. The van der Waals surface area contributed by atoms with Gasteiger partial charge in [-0.1, -0.05) is 41.5 Å². The third-order valence-corrected chi connectivity index (χ3v) is 6.48. The van der Waals surface area contributed by atoms with E-state index in [0.717, 1.165) is 31.1 Å². The molecule has 0 saturated heterocycles. The lowest BCUT2D eigenvalue weighted by Crippen LogP contribution is -2.38. The van der Waals surface area contributed by atoms with Crippen LogP contribution < -0.4 is 0 Å². The monoisotopic (exact) mass is 292 g/mol. The summed E-state index contributed by atoms with van der Waals surface area (Å²) < 4.78 is 0. The lowest BCUT2D eigenvalue weighted by Gasteiger charge is -2.43. The summed E-state index contributed by atoms with van der Waals surface area (Å²) in [6.45, 7) is 14.2. The molecule has 2 aliphatic rings. The van der Waals surface area contributed by atoms with E-state index in [2.05, 4.69) is 41.5 Å². The van der Waals surface area contributed by atoms with E-state index in [9.17, 15) is 4.79 Å². The summed E-state index contributed by atoms with van der Waals surface area (Å²) in [5.74, 6) is 3.23. The Morgan fingerprint density at radius 3 is 1.76 bits per heavy atom. The van der Waals surface area contributed by atoms with Gasteiger partial charge in [0.25, 0.3) is 0 Å². The van der Waals surface area contributed by atoms with E-state index in [-0.39, 0.29) is 0 Å². The van der Waals surface area contributed by atoms with Crippen LogP contribution in [0.15, 0.2) is 0 Å². The molecule has 0 aromatic rings. The summed E-state index contributed by atoms with van der Waals surface area (Å²) in [5.41, 5.74) is 0.803. The van der Waals surface area contributed by atoms with Crippen molar-refractivity contribution in [1.82, 2.24) is 0 Å². The van der Waals surface area contributed by atoms with Gasteiger partial charge >= 0.3 is 0 Å². The van der Waals surface area contributed by atoms with Gasteiger partial charge in [0.2, 0.25) is 0 Å². The summed E-state index contributed by atoms with van der Waals surface area (Å²) in [6, 6.07) is 0. The van der Waals surface area contributed by atoms with E-state index in [1.54, 1.807) is 0 Å². The maximum atomic E-state index is 12.4. The highest BCUT2D eigenvalue weighted by molar-refractivity contribution is 5.82. The quantitative estimate of drug-likeness (QED) is 0.590. The number of ketones is 1. The maximum absolute atomic E-state index is 12.4. The molecule has 0 radical (unpaired) electrons. The Kier molecular flexibility index (Phi) is 4.90. The van der Waals surface area contributed by atoms with Gasteiger partial charge in [-0.25, -0.2) is 0 Å². The van der Waals surface area contributed by atoms with Gasteiger partial charge in [-0.15, -0.1) is 0 Å². The molecule has 1 heteroatoms. The summed E-state index contributed by atoms with van der Waals surface area (Å²) in [7, 11) is 0. The third-order valence-electron chi connectivity index (χ3n) is 6.48. The van der Waals surface area contributed by atoms with Gasteiger partial charge in [-0.05, 0) is 67.1 Å². The van der Waals surface area contributed by atoms with Crippen molar-refractivity contribution in [3.8, 4) is 0 Å². The highest BCUT2D eigenvalue weighted by Gasteiger charge is 2.40. The first kappa shape index (κ1) is 17.0. The third kappa shape index (κ3) is 4.11. The Labute approximate surface area is 132 Å². The van der Waals surface area contributed by atoms with Gasteiger partial charge in [0.05, 0.1) is 0 Å². The van der Waals surface area contributed by atoms with Crippen molar-refractivity contribution < 1.29 is 4.79 Å². The summed E-state index contributed by atoms with van der Waals surface area (Å²) in [6.07, 6.45) is 8.36. The first-order valence-corrected chi connectivity index (χ1v) is 9.11. The highest BCUT2D eigenvalue weighted by atomic mass is 16.1.